The lowest BCUT2D eigenvalue weighted by molar-refractivity contribution is 0.786. The molecule has 1 N–H and O–H groups in total. The highest BCUT2D eigenvalue weighted by molar-refractivity contribution is 6.22. The molecule has 0 fully saturated rings. The summed E-state index contributed by atoms with van der Waals surface area (Å²) in [6.07, 6.45) is 11.1. The lowest BCUT2D eigenvalue weighted by Gasteiger charge is -2.37. The standard InChI is InChI=1S/C32H25N3/c1-3-9-22(10-4-1)23-11-7-12-24(17-23)26-18-25-13-8-16-30-31(25)28(19-26)29-20-33-21-34-32(29)35(30)27-14-5-2-6-15-27/h1,3-5,7-20,34H,2,6,21H2. The monoisotopic (exact) mass is 451 g/mol. The Morgan fingerprint density at radius 1 is 0.743 bits per heavy atom. The maximum absolute atomic E-state index is 4.60. The van der Waals surface area contributed by atoms with Crippen molar-refractivity contribution in [2.75, 3.05) is 11.6 Å². The third-order valence-electron chi connectivity index (χ3n) is 7.06. The van der Waals surface area contributed by atoms with Crippen LogP contribution in [-0.2, 0) is 0 Å². The molecule has 0 atom stereocenters. The smallest absolute Gasteiger partial charge is 0.122 e. The Kier molecular flexibility index (Phi) is 4.66. The van der Waals surface area contributed by atoms with Crippen LogP contribution in [0, 0.1) is 0 Å². The first-order valence-electron chi connectivity index (χ1n) is 12.2. The van der Waals surface area contributed by atoms with Crippen molar-refractivity contribution >= 4 is 28.2 Å². The number of fused-ring (bicyclic) bond motifs is 1. The van der Waals surface area contributed by atoms with Crippen LogP contribution in [0.5, 0.6) is 0 Å². The van der Waals surface area contributed by atoms with Gasteiger partial charge in [0.15, 0.2) is 0 Å². The number of nitrogens with zero attached hydrogens (tertiary/aromatic N) is 2. The van der Waals surface area contributed by atoms with E-state index in [-0.39, 0.29) is 0 Å². The first-order valence-corrected chi connectivity index (χ1v) is 12.2. The van der Waals surface area contributed by atoms with Crippen LogP contribution in [0.1, 0.15) is 18.4 Å². The van der Waals surface area contributed by atoms with Crippen molar-refractivity contribution in [3.05, 3.63) is 120 Å². The van der Waals surface area contributed by atoms with E-state index in [1.54, 1.807) is 0 Å². The minimum Gasteiger partial charge on any atom is -0.352 e. The van der Waals surface area contributed by atoms with E-state index in [2.05, 4.69) is 118 Å². The molecule has 4 aromatic carbocycles. The molecule has 0 spiro atoms. The molecular formula is C32H25N3. The number of benzene rings is 4. The van der Waals surface area contributed by atoms with Crippen molar-refractivity contribution in [2.45, 2.75) is 12.8 Å². The highest BCUT2D eigenvalue weighted by atomic mass is 15.3. The molecule has 0 radical (unpaired) electrons. The number of anilines is 1. The lowest BCUT2D eigenvalue weighted by Crippen LogP contribution is -2.36. The summed E-state index contributed by atoms with van der Waals surface area (Å²) < 4.78 is 0. The van der Waals surface area contributed by atoms with Crippen molar-refractivity contribution in [3.63, 3.8) is 0 Å². The number of aliphatic imine (C=N–C) groups is 1. The van der Waals surface area contributed by atoms with Gasteiger partial charge in [0, 0.05) is 22.9 Å². The van der Waals surface area contributed by atoms with Gasteiger partial charge in [-0.25, -0.2) is 0 Å². The maximum atomic E-state index is 4.60. The van der Waals surface area contributed by atoms with Gasteiger partial charge in [-0.2, -0.15) is 0 Å². The Morgan fingerprint density at radius 2 is 1.57 bits per heavy atom. The van der Waals surface area contributed by atoms with E-state index in [4.69, 9.17) is 0 Å². The summed E-state index contributed by atoms with van der Waals surface area (Å²) in [5.74, 6) is 1.12. The van der Waals surface area contributed by atoms with Crippen LogP contribution in [-0.4, -0.2) is 12.9 Å². The summed E-state index contributed by atoms with van der Waals surface area (Å²) in [5.41, 5.74) is 9.74. The van der Waals surface area contributed by atoms with E-state index in [1.807, 2.05) is 6.21 Å². The molecule has 2 aliphatic heterocycles. The Labute approximate surface area is 205 Å². The SMILES string of the molecule is C1=CC(N2C3=C(C=NCN3)c3cc(-c4cccc(-c5ccccc5)c4)cc4cccc2c34)=CCC1. The third kappa shape index (κ3) is 3.31. The summed E-state index contributed by atoms with van der Waals surface area (Å²) in [6.45, 7) is 0.594. The van der Waals surface area contributed by atoms with Gasteiger partial charge in [-0.05, 0) is 76.4 Å². The van der Waals surface area contributed by atoms with Crippen LogP contribution >= 0.6 is 0 Å². The van der Waals surface area contributed by atoms with E-state index in [1.165, 1.54) is 50.0 Å². The molecule has 0 aromatic heterocycles. The summed E-state index contributed by atoms with van der Waals surface area (Å²) >= 11 is 0. The molecular weight excluding hydrogens is 426 g/mol. The van der Waals surface area contributed by atoms with Crippen molar-refractivity contribution in [1.82, 2.24) is 5.32 Å². The predicted octanol–water partition coefficient (Wildman–Crippen LogP) is 7.53. The zero-order chi connectivity index (χ0) is 23.2. The lowest BCUT2D eigenvalue weighted by atomic mass is 9.88. The summed E-state index contributed by atoms with van der Waals surface area (Å²) in [4.78, 5) is 6.98. The van der Waals surface area contributed by atoms with Crippen LogP contribution in [0.2, 0.25) is 0 Å². The van der Waals surface area contributed by atoms with Crippen molar-refractivity contribution in [3.8, 4) is 22.3 Å². The number of nitrogens with one attached hydrogen (secondary N) is 1. The number of allylic oxidation sites excluding steroid dienone is 4. The van der Waals surface area contributed by atoms with Gasteiger partial charge in [0.05, 0.1) is 5.69 Å². The van der Waals surface area contributed by atoms with E-state index in [0.29, 0.717) is 6.67 Å². The van der Waals surface area contributed by atoms with Gasteiger partial charge in [-0.3, -0.25) is 9.89 Å². The van der Waals surface area contributed by atoms with Crippen LogP contribution in [0.25, 0.3) is 38.6 Å². The van der Waals surface area contributed by atoms with E-state index in [0.717, 1.165) is 24.2 Å². The molecule has 3 nitrogen and oxygen atoms in total. The molecule has 3 aliphatic rings. The second-order valence-corrected chi connectivity index (χ2v) is 9.20. The zero-order valence-electron chi connectivity index (χ0n) is 19.4. The van der Waals surface area contributed by atoms with Crippen LogP contribution in [0.3, 0.4) is 0 Å². The summed E-state index contributed by atoms with van der Waals surface area (Å²) in [7, 11) is 0. The summed E-state index contributed by atoms with van der Waals surface area (Å²) in [5, 5.41) is 6.10. The van der Waals surface area contributed by atoms with Crippen LogP contribution in [0.15, 0.2) is 120 Å². The molecule has 0 amide bonds. The molecule has 0 bridgehead atoms. The average Bonchev–Trinajstić information content (AvgIpc) is 2.94. The quantitative estimate of drug-likeness (QED) is 0.349. The zero-order valence-corrected chi connectivity index (χ0v) is 19.4. The largest absolute Gasteiger partial charge is 0.352 e. The Bertz CT molecular complexity index is 1590. The normalized spacial score (nSPS) is 16.2. The fourth-order valence-electron chi connectivity index (χ4n) is 5.45. The Morgan fingerprint density at radius 3 is 2.43 bits per heavy atom. The molecule has 2 heterocycles. The van der Waals surface area contributed by atoms with E-state index < -0.39 is 0 Å². The van der Waals surface area contributed by atoms with E-state index >= 15 is 0 Å². The van der Waals surface area contributed by atoms with Gasteiger partial charge in [0.2, 0.25) is 0 Å². The van der Waals surface area contributed by atoms with Gasteiger partial charge in [0.25, 0.3) is 0 Å². The minimum absolute atomic E-state index is 0.594. The van der Waals surface area contributed by atoms with Gasteiger partial charge >= 0.3 is 0 Å². The first kappa shape index (κ1) is 20.0. The van der Waals surface area contributed by atoms with Gasteiger partial charge < -0.3 is 5.32 Å². The summed E-state index contributed by atoms with van der Waals surface area (Å²) in [6, 6.07) is 30.7. The molecule has 0 unspecified atom stereocenters. The molecule has 3 heteroatoms. The molecule has 0 saturated carbocycles. The average molecular weight is 452 g/mol. The first-order chi connectivity index (χ1) is 17.4. The fraction of sp³-hybridized carbons (Fsp3) is 0.0938. The van der Waals surface area contributed by atoms with E-state index in [9.17, 15) is 0 Å². The molecule has 35 heavy (non-hydrogen) atoms. The Hall–Kier alpha value is -4.37. The van der Waals surface area contributed by atoms with Crippen molar-refractivity contribution in [1.29, 1.82) is 0 Å². The van der Waals surface area contributed by atoms with Crippen LogP contribution < -0.4 is 10.2 Å². The minimum atomic E-state index is 0.594. The van der Waals surface area contributed by atoms with Gasteiger partial charge in [-0.15, -0.1) is 0 Å². The second-order valence-electron chi connectivity index (χ2n) is 9.20. The maximum Gasteiger partial charge on any atom is 0.122 e. The number of rotatable bonds is 3. The second kappa shape index (κ2) is 8.14. The van der Waals surface area contributed by atoms with Gasteiger partial charge in [0.1, 0.15) is 12.5 Å². The molecule has 0 saturated heterocycles. The van der Waals surface area contributed by atoms with Crippen LogP contribution in [0.4, 0.5) is 5.69 Å². The van der Waals surface area contributed by atoms with Crippen molar-refractivity contribution in [2.24, 2.45) is 4.99 Å². The highest BCUT2D eigenvalue weighted by Gasteiger charge is 2.30. The highest BCUT2D eigenvalue weighted by Crippen LogP contribution is 2.45. The fourth-order valence-corrected chi connectivity index (χ4v) is 5.45. The third-order valence-corrected chi connectivity index (χ3v) is 7.06. The Balaban J connectivity index is 1.44. The topological polar surface area (TPSA) is 27.6 Å². The molecule has 1 aliphatic carbocycles. The number of hydrogen-bond acceptors (Lipinski definition) is 3. The molecule has 7 rings (SSSR count). The van der Waals surface area contributed by atoms with Gasteiger partial charge in [-0.1, -0.05) is 72.8 Å². The predicted molar refractivity (Wildman–Crippen MR) is 147 cm³/mol. The molecule has 4 aromatic rings. The molecule has 168 valence electrons. The van der Waals surface area contributed by atoms with Crippen molar-refractivity contribution < 1.29 is 0 Å². The number of hydrogen-bond donors (Lipinski definition) is 1.